The fourth-order valence-corrected chi connectivity index (χ4v) is 2.71. The van der Waals surface area contributed by atoms with E-state index in [1.165, 1.54) is 31.9 Å². The summed E-state index contributed by atoms with van der Waals surface area (Å²) in [4.78, 5) is 2.52. The molecule has 1 N–H and O–H groups in total. The molecule has 2 atom stereocenters. The number of hydrogen-bond donors (Lipinski definition) is 1. The SMILES string of the molecule is Cl.c1ccc(N2CC3CNCC3C2)cc1. The van der Waals surface area contributed by atoms with Crippen molar-refractivity contribution in [2.45, 2.75) is 0 Å². The summed E-state index contributed by atoms with van der Waals surface area (Å²) in [5.74, 6) is 1.77. The second-order valence-electron chi connectivity index (χ2n) is 4.42. The van der Waals surface area contributed by atoms with Gasteiger partial charge in [-0.3, -0.25) is 0 Å². The van der Waals surface area contributed by atoms with Crippen molar-refractivity contribution in [1.82, 2.24) is 5.32 Å². The van der Waals surface area contributed by atoms with Crippen LogP contribution in [0.3, 0.4) is 0 Å². The van der Waals surface area contributed by atoms with Crippen molar-refractivity contribution in [2.75, 3.05) is 31.1 Å². The Balaban J connectivity index is 0.000000853. The fourth-order valence-electron chi connectivity index (χ4n) is 2.71. The molecule has 0 aromatic heterocycles. The number of hydrogen-bond acceptors (Lipinski definition) is 2. The van der Waals surface area contributed by atoms with Crippen molar-refractivity contribution in [3.8, 4) is 0 Å². The zero-order valence-corrected chi connectivity index (χ0v) is 9.54. The standard InChI is InChI=1S/C12H16N2.ClH/c1-2-4-12(5-3-1)14-8-10-6-13-7-11(10)9-14;/h1-5,10-11,13H,6-9H2;1H. The van der Waals surface area contributed by atoms with Gasteiger partial charge in [-0.05, 0) is 24.0 Å². The van der Waals surface area contributed by atoms with E-state index in [1.54, 1.807) is 0 Å². The van der Waals surface area contributed by atoms with E-state index in [1.807, 2.05) is 0 Å². The van der Waals surface area contributed by atoms with Crippen LogP contribution in [0.4, 0.5) is 5.69 Å². The number of halogens is 1. The highest BCUT2D eigenvalue weighted by Gasteiger charge is 2.35. The lowest BCUT2D eigenvalue weighted by Gasteiger charge is -2.19. The van der Waals surface area contributed by atoms with Crippen molar-refractivity contribution in [2.24, 2.45) is 11.8 Å². The van der Waals surface area contributed by atoms with Crippen LogP contribution in [0.5, 0.6) is 0 Å². The molecule has 2 unspecified atom stereocenters. The molecule has 1 aromatic rings. The zero-order valence-electron chi connectivity index (χ0n) is 8.73. The Kier molecular flexibility index (Phi) is 3.17. The Labute approximate surface area is 97.1 Å². The third-order valence-electron chi connectivity index (χ3n) is 3.51. The first-order chi connectivity index (χ1) is 6.93. The van der Waals surface area contributed by atoms with Gasteiger partial charge in [0.2, 0.25) is 0 Å². The summed E-state index contributed by atoms with van der Waals surface area (Å²) < 4.78 is 0. The molecular formula is C12H17ClN2. The highest BCUT2D eigenvalue weighted by molar-refractivity contribution is 5.85. The van der Waals surface area contributed by atoms with Crippen molar-refractivity contribution in [1.29, 1.82) is 0 Å². The first kappa shape index (κ1) is 10.8. The number of rotatable bonds is 1. The van der Waals surface area contributed by atoms with Gasteiger partial charge in [-0.1, -0.05) is 18.2 Å². The predicted molar refractivity (Wildman–Crippen MR) is 65.8 cm³/mol. The molecule has 1 aromatic carbocycles. The molecule has 0 saturated carbocycles. The van der Waals surface area contributed by atoms with Gasteiger partial charge in [0.15, 0.2) is 0 Å². The molecule has 82 valence electrons. The maximum Gasteiger partial charge on any atom is 0.0366 e. The number of anilines is 1. The van der Waals surface area contributed by atoms with Gasteiger partial charge in [0, 0.05) is 31.9 Å². The van der Waals surface area contributed by atoms with Crippen LogP contribution < -0.4 is 10.2 Å². The van der Waals surface area contributed by atoms with Gasteiger partial charge in [0.25, 0.3) is 0 Å². The van der Waals surface area contributed by atoms with Crippen molar-refractivity contribution < 1.29 is 0 Å². The molecule has 15 heavy (non-hydrogen) atoms. The van der Waals surface area contributed by atoms with Crippen LogP contribution in [0.25, 0.3) is 0 Å². The zero-order chi connectivity index (χ0) is 9.38. The van der Waals surface area contributed by atoms with Gasteiger partial charge in [-0.15, -0.1) is 12.4 Å². The van der Waals surface area contributed by atoms with E-state index in [-0.39, 0.29) is 12.4 Å². The van der Waals surface area contributed by atoms with Crippen molar-refractivity contribution in [3.05, 3.63) is 30.3 Å². The summed E-state index contributed by atoms with van der Waals surface area (Å²) in [7, 11) is 0. The van der Waals surface area contributed by atoms with E-state index in [0.29, 0.717) is 0 Å². The van der Waals surface area contributed by atoms with Gasteiger partial charge in [-0.2, -0.15) is 0 Å². The van der Waals surface area contributed by atoms with Crippen LogP contribution in [0.2, 0.25) is 0 Å². The Bertz CT molecular complexity index is 303. The summed E-state index contributed by atoms with van der Waals surface area (Å²) in [5.41, 5.74) is 1.39. The van der Waals surface area contributed by atoms with Crippen LogP contribution in [0.1, 0.15) is 0 Å². The maximum atomic E-state index is 3.47. The monoisotopic (exact) mass is 224 g/mol. The number of nitrogens with zero attached hydrogens (tertiary/aromatic N) is 1. The molecule has 0 bridgehead atoms. The molecule has 0 radical (unpaired) electrons. The molecule has 2 aliphatic heterocycles. The molecule has 2 saturated heterocycles. The molecule has 2 heterocycles. The number of benzene rings is 1. The van der Waals surface area contributed by atoms with Gasteiger partial charge in [0.1, 0.15) is 0 Å². The molecule has 2 fully saturated rings. The largest absolute Gasteiger partial charge is 0.371 e. The second-order valence-corrected chi connectivity index (χ2v) is 4.42. The topological polar surface area (TPSA) is 15.3 Å². The first-order valence-corrected chi connectivity index (χ1v) is 5.44. The summed E-state index contributed by atoms with van der Waals surface area (Å²) in [6.45, 7) is 4.91. The van der Waals surface area contributed by atoms with E-state index < -0.39 is 0 Å². The Hall–Kier alpha value is -0.730. The number of fused-ring (bicyclic) bond motifs is 1. The van der Waals surface area contributed by atoms with E-state index >= 15 is 0 Å². The smallest absolute Gasteiger partial charge is 0.0366 e. The summed E-state index contributed by atoms with van der Waals surface area (Å²) >= 11 is 0. The van der Waals surface area contributed by atoms with Crippen molar-refractivity contribution in [3.63, 3.8) is 0 Å². The average molecular weight is 225 g/mol. The number of para-hydroxylation sites is 1. The van der Waals surface area contributed by atoms with E-state index in [4.69, 9.17) is 0 Å². The summed E-state index contributed by atoms with van der Waals surface area (Å²) in [6, 6.07) is 10.8. The third kappa shape index (κ3) is 1.97. The molecule has 2 aliphatic rings. The molecule has 2 nitrogen and oxygen atoms in total. The third-order valence-corrected chi connectivity index (χ3v) is 3.51. The molecule has 0 amide bonds. The Morgan fingerprint density at radius 1 is 1.00 bits per heavy atom. The minimum atomic E-state index is 0. The summed E-state index contributed by atoms with van der Waals surface area (Å²) in [5, 5.41) is 3.47. The highest BCUT2D eigenvalue weighted by atomic mass is 35.5. The van der Waals surface area contributed by atoms with E-state index in [0.717, 1.165) is 11.8 Å². The average Bonchev–Trinajstić information content (AvgIpc) is 2.78. The lowest BCUT2D eigenvalue weighted by Crippen LogP contribution is -2.25. The molecule has 3 rings (SSSR count). The second kappa shape index (κ2) is 4.42. The van der Waals surface area contributed by atoms with E-state index in [9.17, 15) is 0 Å². The lowest BCUT2D eigenvalue weighted by atomic mass is 10.0. The van der Waals surface area contributed by atoms with Crippen LogP contribution >= 0.6 is 12.4 Å². The normalized spacial score (nSPS) is 28.7. The summed E-state index contributed by atoms with van der Waals surface area (Å²) in [6.07, 6.45) is 0. The van der Waals surface area contributed by atoms with Gasteiger partial charge in [0.05, 0.1) is 0 Å². The Morgan fingerprint density at radius 2 is 1.60 bits per heavy atom. The minimum absolute atomic E-state index is 0. The molecular weight excluding hydrogens is 208 g/mol. The van der Waals surface area contributed by atoms with E-state index in [2.05, 4.69) is 40.5 Å². The molecule has 0 spiro atoms. The quantitative estimate of drug-likeness (QED) is 0.782. The lowest BCUT2D eigenvalue weighted by molar-refractivity contribution is 0.533. The van der Waals surface area contributed by atoms with Crippen molar-refractivity contribution >= 4 is 18.1 Å². The molecule has 3 heteroatoms. The predicted octanol–water partition coefficient (Wildman–Crippen LogP) is 1.76. The minimum Gasteiger partial charge on any atom is -0.371 e. The van der Waals surface area contributed by atoms with Crippen LogP contribution in [-0.2, 0) is 0 Å². The molecule has 0 aliphatic carbocycles. The van der Waals surface area contributed by atoms with Crippen LogP contribution in [0, 0.1) is 11.8 Å². The highest BCUT2D eigenvalue weighted by Crippen LogP contribution is 2.29. The Morgan fingerprint density at radius 3 is 2.20 bits per heavy atom. The fraction of sp³-hybridized carbons (Fsp3) is 0.500. The van der Waals surface area contributed by atoms with Crippen LogP contribution in [0.15, 0.2) is 30.3 Å². The van der Waals surface area contributed by atoms with Gasteiger partial charge >= 0.3 is 0 Å². The van der Waals surface area contributed by atoms with Crippen LogP contribution in [-0.4, -0.2) is 26.2 Å². The van der Waals surface area contributed by atoms with Gasteiger partial charge in [-0.25, -0.2) is 0 Å². The maximum absolute atomic E-state index is 3.47. The van der Waals surface area contributed by atoms with Gasteiger partial charge < -0.3 is 10.2 Å². The number of nitrogens with one attached hydrogen (secondary N) is 1. The first-order valence-electron chi connectivity index (χ1n) is 5.44.